The third-order valence-corrected chi connectivity index (χ3v) is 6.08. The lowest BCUT2D eigenvalue weighted by molar-refractivity contribution is -0.179. The van der Waals surface area contributed by atoms with Gasteiger partial charge in [-0.05, 0) is 58.5 Å². The predicted molar refractivity (Wildman–Crippen MR) is 122 cm³/mol. The SMILES string of the molecule is CC(C)(C)OC(=O)C(C)(C)O/N=C(\C(=O)Sc1nc2ccccc2s1)c1nsc(N)n1. The number of nitrogen functional groups attached to an aromatic ring is 1. The molecule has 0 atom stereocenters. The molecule has 164 valence electrons. The summed E-state index contributed by atoms with van der Waals surface area (Å²) in [5.74, 6) is -0.610. The van der Waals surface area contributed by atoms with Gasteiger partial charge >= 0.3 is 5.97 Å². The molecule has 12 heteroatoms. The molecule has 0 amide bonds. The van der Waals surface area contributed by atoms with Crippen LogP contribution < -0.4 is 5.73 Å². The van der Waals surface area contributed by atoms with Crippen molar-refractivity contribution in [2.24, 2.45) is 5.16 Å². The molecule has 31 heavy (non-hydrogen) atoms. The van der Waals surface area contributed by atoms with Crippen molar-refractivity contribution in [3.8, 4) is 0 Å². The summed E-state index contributed by atoms with van der Waals surface area (Å²) in [6.07, 6.45) is 0. The van der Waals surface area contributed by atoms with Gasteiger partial charge in [0.1, 0.15) is 5.60 Å². The van der Waals surface area contributed by atoms with E-state index in [0.29, 0.717) is 4.34 Å². The first kappa shape index (κ1) is 23.1. The van der Waals surface area contributed by atoms with Gasteiger partial charge in [0.2, 0.25) is 17.1 Å². The summed E-state index contributed by atoms with van der Waals surface area (Å²) in [7, 11) is 0. The number of rotatable bonds is 6. The van der Waals surface area contributed by atoms with Crippen molar-refractivity contribution in [2.75, 3.05) is 5.73 Å². The molecule has 9 nitrogen and oxygen atoms in total. The van der Waals surface area contributed by atoms with E-state index in [1.807, 2.05) is 24.3 Å². The second-order valence-electron chi connectivity index (χ2n) is 7.84. The highest BCUT2D eigenvalue weighted by Crippen LogP contribution is 2.31. The molecule has 0 spiro atoms. The molecule has 0 unspecified atom stereocenters. The van der Waals surface area contributed by atoms with Gasteiger partial charge in [0.05, 0.1) is 10.2 Å². The van der Waals surface area contributed by atoms with Gasteiger partial charge in [-0.3, -0.25) is 4.79 Å². The van der Waals surface area contributed by atoms with E-state index in [0.717, 1.165) is 33.5 Å². The van der Waals surface area contributed by atoms with E-state index < -0.39 is 22.3 Å². The second kappa shape index (κ2) is 8.89. The van der Waals surface area contributed by atoms with Gasteiger partial charge in [0, 0.05) is 11.5 Å². The number of carbonyl (C=O) groups is 2. The Bertz CT molecular complexity index is 1110. The third kappa shape index (κ3) is 5.99. The average Bonchev–Trinajstić information content (AvgIpc) is 3.25. The summed E-state index contributed by atoms with van der Waals surface area (Å²) >= 11 is 3.17. The zero-order valence-electron chi connectivity index (χ0n) is 17.5. The first-order valence-corrected chi connectivity index (χ1v) is 11.5. The van der Waals surface area contributed by atoms with Gasteiger partial charge in [-0.15, -0.1) is 11.3 Å². The van der Waals surface area contributed by atoms with Gasteiger partial charge in [0.15, 0.2) is 9.47 Å². The maximum Gasteiger partial charge on any atom is 0.353 e. The van der Waals surface area contributed by atoms with E-state index >= 15 is 0 Å². The van der Waals surface area contributed by atoms with Gasteiger partial charge in [-0.25, -0.2) is 9.78 Å². The molecule has 2 aromatic heterocycles. The number of aromatic nitrogens is 3. The minimum atomic E-state index is -1.44. The van der Waals surface area contributed by atoms with E-state index in [9.17, 15) is 9.59 Å². The van der Waals surface area contributed by atoms with Crippen LogP contribution in [0.2, 0.25) is 0 Å². The Labute approximate surface area is 191 Å². The summed E-state index contributed by atoms with van der Waals surface area (Å²) < 4.78 is 10.9. The number of thiazole rings is 1. The molecule has 0 saturated carbocycles. The zero-order chi connectivity index (χ0) is 22.8. The lowest BCUT2D eigenvalue weighted by Crippen LogP contribution is -2.40. The van der Waals surface area contributed by atoms with Crippen molar-refractivity contribution in [1.82, 2.24) is 14.3 Å². The molecule has 0 saturated heterocycles. The van der Waals surface area contributed by atoms with Gasteiger partial charge in [-0.1, -0.05) is 17.3 Å². The first-order valence-electron chi connectivity index (χ1n) is 9.11. The zero-order valence-corrected chi connectivity index (χ0v) is 20.0. The molecule has 0 radical (unpaired) electrons. The second-order valence-corrected chi connectivity index (χ2v) is 10.9. The molecule has 2 N–H and O–H groups in total. The van der Waals surface area contributed by atoms with Crippen LogP contribution in [0.25, 0.3) is 10.2 Å². The minimum absolute atomic E-state index is 0.0149. The normalized spacial score (nSPS) is 12.7. The number of esters is 1. The van der Waals surface area contributed by atoms with Crippen molar-refractivity contribution >= 4 is 66.8 Å². The highest BCUT2D eigenvalue weighted by atomic mass is 32.2. The van der Waals surface area contributed by atoms with E-state index in [-0.39, 0.29) is 16.7 Å². The van der Waals surface area contributed by atoms with Crippen LogP contribution in [0.5, 0.6) is 0 Å². The van der Waals surface area contributed by atoms with Crippen LogP contribution >= 0.6 is 34.6 Å². The number of hydrogen-bond acceptors (Lipinski definition) is 12. The van der Waals surface area contributed by atoms with Crippen LogP contribution in [0, 0.1) is 0 Å². The molecule has 0 aliphatic rings. The summed E-state index contributed by atoms with van der Waals surface area (Å²) in [5.41, 5.74) is 4.14. The van der Waals surface area contributed by atoms with Gasteiger partial charge in [0.25, 0.3) is 5.12 Å². The van der Waals surface area contributed by atoms with Crippen molar-refractivity contribution in [2.45, 2.75) is 50.2 Å². The Balaban J connectivity index is 1.85. The molecule has 0 aliphatic carbocycles. The summed E-state index contributed by atoms with van der Waals surface area (Å²) in [6.45, 7) is 8.23. The number of nitrogens with zero attached hydrogens (tertiary/aromatic N) is 4. The number of oxime groups is 1. The topological polar surface area (TPSA) is 130 Å². The summed E-state index contributed by atoms with van der Waals surface area (Å²) in [5, 5.41) is 3.61. The number of hydrogen-bond donors (Lipinski definition) is 1. The molecular formula is C19H21N5O4S3. The number of benzene rings is 1. The largest absolute Gasteiger partial charge is 0.457 e. The van der Waals surface area contributed by atoms with Crippen molar-refractivity contribution in [1.29, 1.82) is 0 Å². The number of ether oxygens (including phenoxy) is 1. The Morgan fingerprint density at radius 3 is 2.45 bits per heavy atom. The average molecular weight is 480 g/mol. The van der Waals surface area contributed by atoms with Gasteiger partial charge < -0.3 is 15.3 Å². The van der Waals surface area contributed by atoms with Crippen LogP contribution in [0.3, 0.4) is 0 Å². The van der Waals surface area contributed by atoms with Crippen LogP contribution in [0.15, 0.2) is 33.8 Å². The molecule has 3 rings (SSSR count). The molecule has 0 fully saturated rings. The summed E-state index contributed by atoms with van der Waals surface area (Å²) in [6, 6.07) is 7.56. The van der Waals surface area contributed by atoms with E-state index in [1.165, 1.54) is 25.2 Å². The predicted octanol–water partition coefficient (Wildman–Crippen LogP) is 3.89. The van der Waals surface area contributed by atoms with Crippen LogP contribution in [0.4, 0.5) is 5.13 Å². The number of fused-ring (bicyclic) bond motifs is 1. The number of thioether (sulfide) groups is 1. The molecule has 0 aliphatic heterocycles. The lowest BCUT2D eigenvalue weighted by Gasteiger charge is -2.26. The van der Waals surface area contributed by atoms with E-state index in [1.54, 1.807) is 20.8 Å². The van der Waals surface area contributed by atoms with Crippen LogP contribution in [-0.2, 0) is 19.2 Å². The van der Waals surface area contributed by atoms with Crippen molar-refractivity contribution < 1.29 is 19.2 Å². The standard InChI is InChI=1S/C19H21N5O4S3/c1-18(2,3)27-15(26)19(4,5)28-23-12(13-22-16(20)31-24-13)14(25)30-17-21-10-8-6-7-9-11(10)29-17/h6-9H,1-5H3,(H2,20,22,24)/b23-12-. The summed E-state index contributed by atoms with van der Waals surface area (Å²) in [4.78, 5) is 39.3. The fourth-order valence-electron chi connectivity index (χ4n) is 2.12. The first-order chi connectivity index (χ1) is 14.4. The van der Waals surface area contributed by atoms with E-state index in [4.69, 9.17) is 15.3 Å². The minimum Gasteiger partial charge on any atom is -0.457 e. The molecule has 0 bridgehead atoms. The molecule has 1 aromatic carbocycles. The molecule has 3 aromatic rings. The monoisotopic (exact) mass is 479 g/mol. The van der Waals surface area contributed by atoms with Crippen LogP contribution in [-0.4, -0.2) is 42.3 Å². The van der Waals surface area contributed by atoms with Gasteiger partial charge in [-0.2, -0.15) is 9.36 Å². The lowest BCUT2D eigenvalue weighted by atomic mass is 10.1. The Hall–Kier alpha value is -2.57. The maximum atomic E-state index is 13.0. The number of para-hydroxylation sites is 1. The highest BCUT2D eigenvalue weighted by molar-refractivity contribution is 8.16. The van der Waals surface area contributed by atoms with E-state index in [2.05, 4.69) is 19.5 Å². The number of nitrogens with two attached hydrogens (primary N) is 1. The van der Waals surface area contributed by atoms with Crippen molar-refractivity contribution in [3.05, 3.63) is 30.1 Å². The quantitative estimate of drug-likeness (QED) is 0.242. The molecule has 2 heterocycles. The molecular weight excluding hydrogens is 458 g/mol. The maximum absolute atomic E-state index is 13.0. The Morgan fingerprint density at radius 1 is 1.13 bits per heavy atom. The fourth-order valence-corrected chi connectivity index (χ4v) is 4.44. The number of anilines is 1. The van der Waals surface area contributed by atoms with Crippen LogP contribution in [0.1, 0.15) is 40.4 Å². The Morgan fingerprint density at radius 2 is 1.84 bits per heavy atom. The fraction of sp³-hybridized carbons (Fsp3) is 0.368. The smallest absolute Gasteiger partial charge is 0.353 e. The highest BCUT2D eigenvalue weighted by Gasteiger charge is 2.36. The third-order valence-electron chi connectivity index (χ3n) is 3.56. The number of carbonyl (C=O) groups excluding carboxylic acids is 2. The van der Waals surface area contributed by atoms with Crippen molar-refractivity contribution in [3.63, 3.8) is 0 Å². The Kier molecular flexibility index (Phi) is 6.62.